The summed E-state index contributed by atoms with van der Waals surface area (Å²) in [6.07, 6.45) is -0.437. The van der Waals surface area contributed by atoms with Crippen LogP contribution >= 0.6 is 0 Å². The molecule has 2 heteroatoms. The number of aliphatic hydroxyl groups is 1. The molecule has 0 heterocycles. The summed E-state index contributed by atoms with van der Waals surface area (Å²) in [6, 6.07) is 14.4. The second-order valence-corrected chi connectivity index (χ2v) is 5.17. The zero-order valence-electron chi connectivity index (χ0n) is 11.1. The van der Waals surface area contributed by atoms with Gasteiger partial charge in [-0.1, -0.05) is 50.2 Å². The highest BCUT2D eigenvalue weighted by Crippen LogP contribution is 2.20. The van der Waals surface area contributed by atoms with Crippen LogP contribution in [0.15, 0.2) is 42.5 Å². The molecule has 0 saturated carbocycles. The Kier molecular flexibility index (Phi) is 4.34. The maximum Gasteiger partial charge on any atom is 0.0914 e. The lowest BCUT2D eigenvalue weighted by Gasteiger charge is -2.14. The van der Waals surface area contributed by atoms with Crippen molar-refractivity contribution < 1.29 is 5.11 Å². The minimum Gasteiger partial charge on any atom is -0.387 e. The van der Waals surface area contributed by atoms with Gasteiger partial charge in [-0.2, -0.15) is 0 Å². The Hall–Kier alpha value is -1.38. The van der Waals surface area contributed by atoms with Crippen LogP contribution in [0.4, 0.5) is 0 Å². The van der Waals surface area contributed by atoms with Crippen molar-refractivity contribution >= 4 is 10.8 Å². The number of rotatable bonds is 5. The van der Waals surface area contributed by atoms with Gasteiger partial charge in [0.05, 0.1) is 6.10 Å². The van der Waals surface area contributed by atoms with E-state index in [0.717, 1.165) is 12.1 Å². The molecule has 0 saturated heterocycles. The second kappa shape index (κ2) is 5.98. The van der Waals surface area contributed by atoms with Gasteiger partial charge in [-0.3, -0.25) is 0 Å². The van der Waals surface area contributed by atoms with E-state index >= 15 is 0 Å². The van der Waals surface area contributed by atoms with Crippen molar-refractivity contribution in [2.24, 2.45) is 5.92 Å². The molecule has 0 aliphatic rings. The summed E-state index contributed by atoms with van der Waals surface area (Å²) in [4.78, 5) is 0. The van der Waals surface area contributed by atoms with Gasteiger partial charge in [0.25, 0.3) is 0 Å². The van der Waals surface area contributed by atoms with Gasteiger partial charge in [0.15, 0.2) is 0 Å². The molecule has 0 fully saturated rings. The van der Waals surface area contributed by atoms with Crippen LogP contribution in [0.3, 0.4) is 0 Å². The first kappa shape index (κ1) is 13.1. The van der Waals surface area contributed by atoms with Gasteiger partial charge >= 0.3 is 0 Å². The third-order valence-corrected chi connectivity index (χ3v) is 3.05. The van der Waals surface area contributed by atoms with Crippen LogP contribution in [0, 0.1) is 5.92 Å². The lowest BCUT2D eigenvalue weighted by atomic mass is 10.0. The lowest BCUT2D eigenvalue weighted by molar-refractivity contribution is 0.173. The van der Waals surface area contributed by atoms with Crippen LogP contribution < -0.4 is 5.32 Å². The molecule has 1 atom stereocenters. The van der Waals surface area contributed by atoms with Gasteiger partial charge < -0.3 is 10.4 Å². The van der Waals surface area contributed by atoms with E-state index in [9.17, 15) is 5.11 Å². The monoisotopic (exact) mass is 243 g/mol. The Balaban J connectivity index is 2.06. The van der Waals surface area contributed by atoms with E-state index in [4.69, 9.17) is 0 Å². The minimum absolute atomic E-state index is 0.437. The van der Waals surface area contributed by atoms with E-state index < -0.39 is 6.10 Å². The van der Waals surface area contributed by atoms with Crippen LogP contribution in [-0.4, -0.2) is 18.2 Å². The molecule has 2 N–H and O–H groups in total. The van der Waals surface area contributed by atoms with Crippen molar-refractivity contribution in [3.8, 4) is 0 Å². The molecule has 0 bridgehead atoms. The van der Waals surface area contributed by atoms with Crippen LogP contribution in [0.2, 0.25) is 0 Å². The molecule has 0 unspecified atom stereocenters. The van der Waals surface area contributed by atoms with Gasteiger partial charge in [0.2, 0.25) is 0 Å². The van der Waals surface area contributed by atoms with Crippen molar-refractivity contribution in [2.45, 2.75) is 20.0 Å². The summed E-state index contributed by atoms with van der Waals surface area (Å²) in [5, 5.41) is 15.8. The number of hydrogen-bond acceptors (Lipinski definition) is 2. The number of hydrogen-bond donors (Lipinski definition) is 2. The van der Waals surface area contributed by atoms with Gasteiger partial charge in [-0.05, 0) is 34.9 Å². The molecule has 0 radical (unpaired) electrons. The molecule has 0 spiro atoms. The molecule has 0 aromatic heterocycles. The highest BCUT2D eigenvalue weighted by Gasteiger charge is 2.07. The van der Waals surface area contributed by atoms with Crippen molar-refractivity contribution in [3.63, 3.8) is 0 Å². The highest BCUT2D eigenvalue weighted by molar-refractivity contribution is 5.83. The second-order valence-electron chi connectivity index (χ2n) is 5.17. The Morgan fingerprint density at radius 3 is 2.44 bits per heavy atom. The first-order valence-electron chi connectivity index (χ1n) is 6.54. The zero-order valence-corrected chi connectivity index (χ0v) is 11.1. The first-order valence-corrected chi connectivity index (χ1v) is 6.54. The molecular formula is C16H21NO. The van der Waals surface area contributed by atoms with E-state index in [0.29, 0.717) is 12.5 Å². The molecule has 2 aromatic rings. The Morgan fingerprint density at radius 1 is 1.00 bits per heavy atom. The fourth-order valence-corrected chi connectivity index (χ4v) is 2.04. The third kappa shape index (κ3) is 3.31. The average molecular weight is 243 g/mol. The molecule has 0 aliphatic carbocycles. The third-order valence-electron chi connectivity index (χ3n) is 3.05. The van der Waals surface area contributed by atoms with Crippen molar-refractivity contribution in [2.75, 3.05) is 13.1 Å². The van der Waals surface area contributed by atoms with Crippen LogP contribution in [-0.2, 0) is 0 Å². The highest BCUT2D eigenvalue weighted by atomic mass is 16.3. The summed E-state index contributed by atoms with van der Waals surface area (Å²) in [7, 11) is 0. The van der Waals surface area contributed by atoms with Gasteiger partial charge in [0, 0.05) is 6.54 Å². The molecule has 2 nitrogen and oxygen atoms in total. The molecule has 0 aliphatic heterocycles. The topological polar surface area (TPSA) is 32.3 Å². The fraction of sp³-hybridized carbons (Fsp3) is 0.375. The van der Waals surface area contributed by atoms with Crippen molar-refractivity contribution in [3.05, 3.63) is 48.0 Å². The summed E-state index contributed by atoms with van der Waals surface area (Å²) in [5.74, 6) is 0.605. The Labute approximate surface area is 109 Å². The van der Waals surface area contributed by atoms with Gasteiger partial charge in [-0.25, -0.2) is 0 Å². The fourth-order valence-electron chi connectivity index (χ4n) is 2.04. The summed E-state index contributed by atoms with van der Waals surface area (Å²) < 4.78 is 0. The predicted octanol–water partition coefficient (Wildman–Crippen LogP) is 3.12. The number of fused-ring (bicyclic) bond motifs is 1. The minimum atomic E-state index is -0.437. The largest absolute Gasteiger partial charge is 0.387 e. The predicted molar refractivity (Wildman–Crippen MR) is 76.6 cm³/mol. The lowest BCUT2D eigenvalue weighted by Crippen LogP contribution is -2.25. The van der Waals surface area contributed by atoms with E-state index in [2.05, 4.69) is 43.4 Å². The maximum absolute atomic E-state index is 10.1. The van der Waals surface area contributed by atoms with E-state index in [-0.39, 0.29) is 0 Å². The van der Waals surface area contributed by atoms with Crippen LogP contribution in [0.25, 0.3) is 10.8 Å². The molecular weight excluding hydrogens is 222 g/mol. The average Bonchev–Trinajstić information content (AvgIpc) is 2.37. The van der Waals surface area contributed by atoms with E-state index in [1.807, 2.05) is 18.2 Å². The first-order chi connectivity index (χ1) is 8.66. The number of benzene rings is 2. The molecule has 2 aromatic carbocycles. The smallest absolute Gasteiger partial charge is 0.0914 e. The molecule has 96 valence electrons. The van der Waals surface area contributed by atoms with Gasteiger partial charge in [0.1, 0.15) is 0 Å². The SMILES string of the molecule is CC(C)CNC[C@@H](O)c1ccc2ccccc2c1. The van der Waals surface area contributed by atoms with Gasteiger partial charge in [-0.15, -0.1) is 0 Å². The van der Waals surface area contributed by atoms with Crippen LogP contribution in [0.1, 0.15) is 25.5 Å². The number of aliphatic hydroxyl groups excluding tert-OH is 1. The Morgan fingerprint density at radius 2 is 1.72 bits per heavy atom. The van der Waals surface area contributed by atoms with E-state index in [1.54, 1.807) is 0 Å². The zero-order chi connectivity index (χ0) is 13.0. The van der Waals surface area contributed by atoms with E-state index in [1.165, 1.54) is 10.8 Å². The summed E-state index contributed by atoms with van der Waals surface area (Å²) >= 11 is 0. The quantitative estimate of drug-likeness (QED) is 0.845. The molecule has 0 amide bonds. The van der Waals surface area contributed by atoms with Crippen molar-refractivity contribution in [1.82, 2.24) is 5.32 Å². The normalized spacial score (nSPS) is 13.1. The number of nitrogens with one attached hydrogen (secondary N) is 1. The summed E-state index contributed by atoms with van der Waals surface area (Å²) in [5.41, 5.74) is 0.977. The maximum atomic E-state index is 10.1. The molecule has 18 heavy (non-hydrogen) atoms. The Bertz CT molecular complexity index is 507. The molecule has 2 rings (SSSR count). The van der Waals surface area contributed by atoms with Crippen LogP contribution in [0.5, 0.6) is 0 Å². The van der Waals surface area contributed by atoms with Crippen molar-refractivity contribution in [1.29, 1.82) is 0 Å². The standard InChI is InChI=1S/C16H21NO/c1-12(2)10-17-11-16(18)15-8-7-13-5-3-4-6-14(13)9-15/h3-9,12,16-18H,10-11H2,1-2H3/t16-/m1/s1. The summed E-state index contributed by atoms with van der Waals surface area (Å²) in [6.45, 7) is 5.87.